The predicted molar refractivity (Wildman–Crippen MR) is 84.4 cm³/mol. The summed E-state index contributed by atoms with van der Waals surface area (Å²) >= 11 is 1.94. The molecule has 1 saturated carbocycles. The minimum Gasteiger partial charge on any atom is -0.365 e. The van der Waals surface area contributed by atoms with Gasteiger partial charge in [-0.2, -0.15) is 26.8 Å². The highest BCUT2D eigenvalue weighted by atomic mass is 32.2. The Morgan fingerprint density at radius 1 is 1.40 bits per heavy atom. The Morgan fingerprint density at radius 2 is 2.30 bits per heavy atom. The van der Waals surface area contributed by atoms with E-state index in [0.717, 1.165) is 23.4 Å². The topological polar surface area (TPSA) is 78.5 Å². The molecule has 2 atom stereocenters. The monoisotopic (exact) mass is 292 g/mol. The maximum Gasteiger partial charge on any atom is 0.226 e. The molecule has 7 heteroatoms. The lowest BCUT2D eigenvalue weighted by Gasteiger charge is -2.20. The summed E-state index contributed by atoms with van der Waals surface area (Å²) in [7, 11) is 0. The Morgan fingerprint density at radius 3 is 3.10 bits per heavy atom. The summed E-state index contributed by atoms with van der Waals surface area (Å²) in [4.78, 5) is 9.01. The molecule has 0 radical (unpaired) electrons. The Balaban J connectivity index is 1.90. The van der Waals surface area contributed by atoms with Crippen molar-refractivity contribution in [1.29, 1.82) is 0 Å². The smallest absolute Gasteiger partial charge is 0.226 e. The molecule has 3 rings (SSSR count). The zero-order valence-corrected chi connectivity index (χ0v) is 12.6. The third-order valence-corrected chi connectivity index (χ3v) is 4.89. The zero-order chi connectivity index (χ0) is 13.9. The molecule has 1 aliphatic carbocycles. The zero-order valence-electron chi connectivity index (χ0n) is 11.8. The van der Waals surface area contributed by atoms with Crippen molar-refractivity contribution in [2.24, 2.45) is 0 Å². The van der Waals surface area contributed by atoms with Gasteiger partial charge in [0, 0.05) is 17.8 Å². The molecule has 0 aliphatic heterocycles. The fraction of sp³-hybridized carbons (Fsp3) is 0.615. The quantitative estimate of drug-likeness (QED) is 0.786. The molecule has 6 nitrogen and oxygen atoms in total. The van der Waals surface area contributed by atoms with Crippen LogP contribution in [0.3, 0.4) is 0 Å². The highest BCUT2D eigenvalue weighted by Crippen LogP contribution is 2.32. The van der Waals surface area contributed by atoms with Crippen molar-refractivity contribution in [3.8, 4) is 0 Å². The van der Waals surface area contributed by atoms with Gasteiger partial charge in [-0.25, -0.2) is 0 Å². The van der Waals surface area contributed by atoms with E-state index in [0.29, 0.717) is 17.2 Å². The fourth-order valence-electron chi connectivity index (χ4n) is 2.73. The van der Waals surface area contributed by atoms with Crippen LogP contribution in [0.2, 0.25) is 0 Å². The van der Waals surface area contributed by atoms with E-state index in [1.807, 2.05) is 18.7 Å². The molecular weight excluding hydrogens is 272 g/mol. The summed E-state index contributed by atoms with van der Waals surface area (Å²) in [6, 6.07) is 0.479. The fourth-order valence-corrected chi connectivity index (χ4v) is 3.67. The molecule has 0 spiro atoms. The van der Waals surface area contributed by atoms with Gasteiger partial charge >= 0.3 is 0 Å². The van der Waals surface area contributed by atoms with Crippen LogP contribution in [0.4, 0.5) is 11.8 Å². The molecule has 1 fully saturated rings. The molecule has 1 aliphatic rings. The number of anilines is 2. The number of hydrogen-bond acceptors (Lipinski definition) is 6. The van der Waals surface area contributed by atoms with Crippen LogP contribution in [0.15, 0.2) is 6.20 Å². The number of nitrogens with zero attached hydrogens (tertiary/aromatic N) is 3. The lowest BCUT2D eigenvalue weighted by Crippen LogP contribution is -2.26. The van der Waals surface area contributed by atoms with E-state index < -0.39 is 0 Å². The number of rotatable bonds is 5. The summed E-state index contributed by atoms with van der Waals surface area (Å²) in [6.07, 6.45) is 7.73. The van der Waals surface area contributed by atoms with Crippen LogP contribution < -0.4 is 10.6 Å². The average Bonchev–Trinajstić information content (AvgIpc) is 3.07. The Labute approximate surface area is 122 Å². The Hall–Kier alpha value is -1.50. The number of aromatic amines is 1. The number of thioether (sulfide) groups is 1. The second-order valence-corrected chi connectivity index (χ2v) is 6.09. The molecule has 2 heterocycles. The maximum absolute atomic E-state index is 4.59. The van der Waals surface area contributed by atoms with E-state index in [9.17, 15) is 0 Å². The Kier molecular flexibility index (Phi) is 3.95. The number of nitrogens with one attached hydrogen (secondary N) is 3. The van der Waals surface area contributed by atoms with Gasteiger partial charge in [-0.3, -0.25) is 5.10 Å². The first-order valence-electron chi connectivity index (χ1n) is 7.06. The van der Waals surface area contributed by atoms with Crippen molar-refractivity contribution < 1.29 is 0 Å². The van der Waals surface area contributed by atoms with Gasteiger partial charge < -0.3 is 10.6 Å². The van der Waals surface area contributed by atoms with E-state index in [2.05, 4.69) is 37.1 Å². The Bertz CT molecular complexity index is 583. The lowest BCUT2D eigenvalue weighted by atomic mass is 10.2. The molecule has 2 aromatic heterocycles. The van der Waals surface area contributed by atoms with Crippen molar-refractivity contribution in [2.45, 2.75) is 37.5 Å². The third-order valence-electron chi connectivity index (χ3n) is 3.72. The maximum atomic E-state index is 4.59. The largest absolute Gasteiger partial charge is 0.365 e. The number of hydrogen-bond donors (Lipinski definition) is 3. The van der Waals surface area contributed by atoms with Crippen LogP contribution >= 0.6 is 11.8 Å². The molecule has 0 saturated heterocycles. The summed E-state index contributed by atoms with van der Waals surface area (Å²) < 4.78 is 0. The van der Waals surface area contributed by atoms with Gasteiger partial charge in [0.05, 0.1) is 11.6 Å². The van der Waals surface area contributed by atoms with Gasteiger partial charge in [0.1, 0.15) is 5.82 Å². The van der Waals surface area contributed by atoms with Gasteiger partial charge in [-0.15, -0.1) is 0 Å². The van der Waals surface area contributed by atoms with Gasteiger partial charge in [0.2, 0.25) is 5.95 Å². The molecule has 0 bridgehead atoms. The first-order valence-corrected chi connectivity index (χ1v) is 8.35. The van der Waals surface area contributed by atoms with Crippen molar-refractivity contribution in [3.63, 3.8) is 0 Å². The minimum absolute atomic E-state index is 0.479. The molecule has 2 unspecified atom stereocenters. The van der Waals surface area contributed by atoms with Gasteiger partial charge in [-0.05, 0) is 26.0 Å². The number of fused-ring (bicyclic) bond motifs is 1. The van der Waals surface area contributed by atoms with Crippen LogP contribution in [0.5, 0.6) is 0 Å². The first-order chi connectivity index (χ1) is 9.81. The summed E-state index contributed by atoms with van der Waals surface area (Å²) in [5.74, 6) is 1.52. The number of aromatic nitrogens is 4. The normalized spacial score (nSPS) is 22.3. The minimum atomic E-state index is 0.479. The van der Waals surface area contributed by atoms with Crippen LogP contribution in [0.25, 0.3) is 11.0 Å². The van der Waals surface area contributed by atoms with E-state index in [1.165, 1.54) is 19.3 Å². The average molecular weight is 292 g/mol. The molecule has 108 valence electrons. The molecule has 0 amide bonds. The van der Waals surface area contributed by atoms with Gasteiger partial charge in [-0.1, -0.05) is 6.42 Å². The van der Waals surface area contributed by atoms with Crippen molar-refractivity contribution in [2.75, 3.05) is 23.4 Å². The van der Waals surface area contributed by atoms with Crippen LogP contribution in [0, 0.1) is 0 Å². The van der Waals surface area contributed by atoms with E-state index in [-0.39, 0.29) is 0 Å². The van der Waals surface area contributed by atoms with Gasteiger partial charge in [0.15, 0.2) is 5.65 Å². The number of H-pyrrole nitrogens is 1. The lowest BCUT2D eigenvalue weighted by molar-refractivity contribution is 0.764. The molecule has 2 aromatic rings. The summed E-state index contributed by atoms with van der Waals surface area (Å²) in [5, 5.41) is 15.4. The summed E-state index contributed by atoms with van der Waals surface area (Å²) in [5.41, 5.74) is 0.775. The van der Waals surface area contributed by atoms with Crippen molar-refractivity contribution in [1.82, 2.24) is 20.2 Å². The standard InChI is InChI=1S/C13H20N6S/c1-3-14-13-17-11(8-7-15-19-12(8)18-13)16-9-5-4-6-10(9)20-2/h7,9-10H,3-6H2,1-2H3,(H3,14,15,16,17,18,19). The molecule has 20 heavy (non-hydrogen) atoms. The second-order valence-electron chi connectivity index (χ2n) is 5.01. The van der Waals surface area contributed by atoms with E-state index in [4.69, 9.17) is 0 Å². The van der Waals surface area contributed by atoms with Crippen molar-refractivity contribution in [3.05, 3.63) is 6.20 Å². The van der Waals surface area contributed by atoms with Gasteiger partial charge in [0.25, 0.3) is 0 Å². The molecule has 3 N–H and O–H groups in total. The first kappa shape index (κ1) is 13.5. The van der Waals surface area contributed by atoms with E-state index >= 15 is 0 Å². The molecule has 0 aromatic carbocycles. The van der Waals surface area contributed by atoms with Crippen LogP contribution in [-0.2, 0) is 0 Å². The highest BCUT2D eigenvalue weighted by molar-refractivity contribution is 7.99. The summed E-state index contributed by atoms with van der Waals surface area (Å²) in [6.45, 7) is 2.84. The van der Waals surface area contributed by atoms with Crippen LogP contribution in [-0.4, -0.2) is 44.3 Å². The van der Waals surface area contributed by atoms with E-state index in [1.54, 1.807) is 6.20 Å². The van der Waals surface area contributed by atoms with Crippen molar-refractivity contribution >= 4 is 34.6 Å². The predicted octanol–water partition coefficient (Wildman–Crippen LogP) is 2.48. The second kappa shape index (κ2) is 5.87. The molecular formula is C13H20N6S. The van der Waals surface area contributed by atoms with Crippen LogP contribution in [0.1, 0.15) is 26.2 Å². The highest BCUT2D eigenvalue weighted by Gasteiger charge is 2.27. The third kappa shape index (κ3) is 2.54. The SMILES string of the molecule is CCNc1nc(NC2CCCC2SC)c2cn[nH]c2n1.